The number of methoxy groups -OCH3 is 1. The number of amides is 2. The zero-order chi connectivity index (χ0) is 22.2. The monoisotopic (exact) mass is 444 g/mol. The molecule has 2 amide bonds. The van der Waals surface area contributed by atoms with Crippen LogP contribution in [-0.4, -0.2) is 31.6 Å². The van der Waals surface area contributed by atoms with Crippen molar-refractivity contribution in [1.82, 2.24) is 10.6 Å². The van der Waals surface area contributed by atoms with E-state index in [-0.39, 0.29) is 6.61 Å². The Morgan fingerprint density at radius 1 is 1.06 bits per heavy atom. The van der Waals surface area contributed by atoms with E-state index in [0.717, 1.165) is 17.7 Å². The van der Waals surface area contributed by atoms with Crippen LogP contribution in [0, 0.1) is 6.92 Å². The molecule has 0 heterocycles. The molecule has 0 saturated heterocycles. The number of rotatable bonds is 8. The smallest absolute Gasteiger partial charge is 0.264 e. The van der Waals surface area contributed by atoms with Crippen molar-refractivity contribution in [3.8, 4) is 11.5 Å². The van der Waals surface area contributed by atoms with Crippen molar-refractivity contribution in [2.75, 3.05) is 13.7 Å². The van der Waals surface area contributed by atoms with Crippen molar-refractivity contribution in [3.05, 3.63) is 58.1 Å². The van der Waals surface area contributed by atoms with Gasteiger partial charge in [0.1, 0.15) is 0 Å². The number of benzene rings is 2. The number of carbonyl (C=O) groups is 2. The highest BCUT2D eigenvalue weighted by Crippen LogP contribution is 2.28. The average Bonchev–Trinajstić information content (AvgIpc) is 2.79. The molecule has 2 aromatic carbocycles. The quantitative estimate of drug-likeness (QED) is 0.630. The number of hydrogen-bond acceptors (Lipinski definition) is 5. The molecular weight excluding hydrogens is 416 g/mol. The Hall–Kier alpha value is -2.57. The lowest BCUT2D eigenvalue weighted by Gasteiger charge is -2.23. The second-order valence-corrected chi connectivity index (χ2v) is 8.24. The van der Waals surface area contributed by atoms with Crippen LogP contribution in [0.4, 0.5) is 0 Å². The zero-order valence-electron chi connectivity index (χ0n) is 18.0. The minimum atomic E-state index is -0.549. The zero-order valence-corrected chi connectivity index (χ0v) is 18.8. The van der Waals surface area contributed by atoms with Gasteiger partial charge in [0, 0.05) is 23.2 Å². The maximum Gasteiger partial charge on any atom is 0.264 e. The van der Waals surface area contributed by atoms with Crippen LogP contribution in [0.1, 0.15) is 53.6 Å². The predicted molar refractivity (Wildman–Crippen MR) is 121 cm³/mol. The van der Waals surface area contributed by atoms with Crippen LogP contribution in [0.15, 0.2) is 36.4 Å². The topological polar surface area (TPSA) is 76.7 Å². The highest BCUT2D eigenvalue weighted by Gasteiger charge is 2.15. The van der Waals surface area contributed by atoms with E-state index in [4.69, 9.17) is 21.1 Å². The predicted octanol–water partition coefficient (Wildman–Crippen LogP) is 4.41. The van der Waals surface area contributed by atoms with Gasteiger partial charge in [0.25, 0.3) is 11.8 Å². The molecule has 3 rings (SSSR count). The van der Waals surface area contributed by atoms with Crippen LogP contribution in [0.2, 0.25) is 5.02 Å². The van der Waals surface area contributed by atoms with E-state index in [1.54, 1.807) is 25.3 Å². The second kappa shape index (κ2) is 11.2. The first-order valence-electron chi connectivity index (χ1n) is 10.6. The largest absolute Gasteiger partial charge is 0.493 e. The first-order chi connectivity index (χ1) is 15.0. The molecule has 166 valence electrons. The number of ether oxygens (including phenoxy) is 2. The van der Waals surface area contributed by atoms with Gasteiger partial charge in [0.15, 0.2) is 18.1 Å². The summed E-state index contributed by atoms with van der Waals surface area (Å²) in [5, 5.41) is 6.37. The standard InChI is InChI=1S/C24H29ClN2O4/c1-16-8-10-18(13-20(16)25)24(29)27-23(28)15-31-21-11-9-17(12-22(21)30-2)14-26-19-6-4-3-5-7-19/h8-13,19,26H,3-7,14-15H2,1-2H3,(H,27,28,29). The lowest BCUT2D eigenvalue weighted by Crippen LogP contribution is -2.34. The summed E-state index contributed by atoms with van der Waals surface area (Å²) in [6.07, 6.45) is 6.35. The van der Waals surface area contributed by atoms with Crippen molar-refractivity contribution in [2.45, 2.75) is 51.6 Å². The Balaban J connectivity index is 1.52. The number of carbonyl (C=O) groups excluding carboxylic acids is 2. The minimum absolute atomic E-state index is 0.304. The van der Waals surface area contributed by atoms with Crippen molar-refractivity contribution in [3.63, 3.8) is 0 Å². The number of aryl methyl sites for hydroxylation is 1. The molecule has 1 aliphatic rings. The normalized spacial score (nSPS) is 14.2. The third kappa shape index (κ3) is 6.71. The highest BCUT2D eigenvalue weighted by molar-refractivity contribution is 6.31. The number of halogens is 1. The summed E-state index contributed by atoms with van der Waals surface area (Å²) in [5.41, 5.74) is 2.26. The molecule has 1 saturated carbocycles. The maximum atomic E-state index is 12.2. The van der Waals surface area contributed by atoms with Crippen LogP contribution in [0.5, 0.6) is 11.5 Å². The lowest BCUT2D eigenvalue weighted by atomic mass is 9.95. The van der Waals surface area contributed by atoms with Gasteiger partial charge in [-0.2, -0.15) is 0 Å². The van der Waals surface area contributed by atoms with Crippen molar-refractivity contribution in [2.24, 2.45) is 0 Å². The fraction of sp³-hybridized carbons (Fsp3) is 0.417. The van der Waals surface area contributed by atoms with Gasteiger partial charge in [0.05, 0.1) is 7.11 Å². The molecule has 0 radical (unpaired) electrons. The number of imide groups is 1. The first kappa shape index (κ1) is 23.1. The Labute approximate surface area is 188 Å². The van der Waals surface area contributed by atoms with Gasteiger partial charge in [-0.1, -0.05) is 43.0 Å². The SMILES string of the molecule is COc1cc(CNC2CCCCC2)ccc1OCC(=O)NC(=O)c1ccc(C)c(Cl)c1. The third-order valence-corrected chi connectivity index (χ3v) is 5.88. The second-order valence-electron chi connectivity index (χ2n) is 7.83. The van der Waals surface area contributed by atoms with Crippen LogP contribution < -0.4 is 20.1 Å². The van der Waals surface area contributed by atoms with Crippen molar-refractivity contribution in [1.29, 1.82) is 0 Å². The van der Waals surface area contributed by atoms with Crippen LogP contribution in [0.3, 0.4) is 0 Å². The molecule has 0 atom stereocenters. The highest BCUT2D eigenvalue weighted by atomic mass is 35.5. The molecule has 0 unspecified atom stereocenters. The fourth-order valence-corrected chi connectivity index (χ4v) is 3.80. The average molecular weight is 445 g/mol. The first-order valence-corrected chi connectivity index (χ1v) is 11.0. The molecule has 1 fully saturated rings. The molecule has 2 N–H and O–H groups in total. The molecule has 0 spiro atoms. The summed E-state index contributed by atoms with van der Waals surface area (Å²) >= 11 is 6.04. The van der Waals surface area contributed by atoms with E-state index in [2.05, 4.69) is 10.6 Å². The van der Waals surface area contributed by atoms with E-state index >= 15 is 0 Å². The summed E-state index contributed by atoms with van der Waals surface area (Å²) in [6.45, 7) is 2.30. The van der Waals surface area contributed by atoms with E-state index in [9.17, 15) is 9.59 Å². The van der Waals surface area contributed by atoms with Gasteiger partial charge in [-0.3, -0.25) is 14.9 Å². The molecule has 0 bridgehead atoms. The molecule has 1 aliphatic carbocycles. The van der Waals surface area contributed by atoms with Gasteiger partial charge >= 0.3 is 0 Å². The molecule has 0 aliphatic heterocycles. The van der Waals surface area contributed by atoms with Crippen molar-refractivity contribution >= 4 is 23.4 Å². The molecular formula is C24H29ClN2O4. The Bertz CT molecular complexity index is 926. The summed E-state index contributed by atoms with van der Waals surface area (Å²) in [6, 6.07) is 11.1. The van der Waals surface area contributed by atoms with E-state index in [1.165, 1.54) is 38.2 Å². The molecule has 31 heavy (non-hydrogen) atoms. The summed E-state index contributed by atoms with van der Waals surface area (Å²) in [5.74, 6) is -0.0734. The lowest BCUT2D eigenvalue weighted by molar-refractivity contribution is -0.122. The van der Waals surface area contributed by atoms with Gasteiger partial charge in [-0.15, -0.1) is 0 Å². The fourth-order valence-electron chi connectivity index (χ4n) is 3.62. The molecule has 6 nitrogen and oxygen atoms in total. The molecule has 7 heteroatoms. The Morgan fingerprint density at radius 2 is 1.84 bits per heavy atom. The van der Waals surface area contributed by atoms with Crippen LogP contribution in [0.25, 0.3) is 0 Å². The van der Waals surface area contributed by atoms with E-state index in [1.807, 2.05) is 19.1 Å². The Morgan fingerprint density at radius 3 is 2.55 bits per heavy atom. The van der Waals surface area contributed by atoms with Crippen LogP contribution >= 0.6 is 11.6 Å². The maximum absolute atomic E-state index is 12.2. The van der Waals surface area contributed by atoms with Crippen molar-refractivity contribution < 1.29 is 19.1 Å². The summed E-state index contributed by atoms with van der Waals surface area (Å²) in [4.78, 5) is 24.4. The summed E-state index contributed by atoms with van der Waals surface area (Å²) < 4.78 is 11.0. The third-order valence-electron chi connectivity index (χ3n) is 5.47. The minimum Gasteiger partial charge on any atom is -0.493 e. The number of hydrogen-bond donors (Lipinski definition) is 2. The van der Waals surface area contributed by atoms with Gasteiger partial charge in [-0.25, -0.2) is 0 Å². The number of nitrogens with one attached hydrogen (secondary N) is 2. The Kier molecular flexibility index (Phi) is 8.32. The van der Waals surface area contributed by atoms with Gasteiger partial charge < -0.3 is 14.8 Å². The van der Waals surface area contributed by atoms with Crippen LogP contribution in [-0.2, 0) is 11.3 Å². The summed E-state index contributed by atoms with van der Waals surface area (Å²) in [7, 11) is 1.56. The van der Waals surface area contributed by atoms with E-state index < -0.39 is 11.8 Å². The molecule has 0 aromatic heterocycles. The van der Waals surface area contributed by atoms with E-state index in [0.29, 0.717) is 28.1 Å². The van der Waals surface area contributed by atoms with Gasteiger partial charge in [-0.05, 0) is 55.2 Å². The van der Waals surface area contributed by atoms with Gasteiger partial charge in [0.2, 0.25) is 0 Å². The molecule has 2 aromatic rings.